The Hall–Kier alpha value is -2.52. The molecule has 4 rings (SSSR count). The van der Waals surface area contributed by atoms with Gasteiger partial charge in [-0.2, -0.15) is 0 Å². The summed E-state index contributed by atoms with van der Waals surface area (Å²) < 4.78 is 15.5. The molecule has 1 aliphatic rings. The first-order valence-electron chi connectivity index (χ1n) is 7.86. The summed E-state index contributed by atoms with van der Waals surface area (Å²) in [4.78, 5) is 1.13. The van der Waals surface area contributed by atoms with E-state index in [1.807, 2.05) is 24.3 Å². The number of hydrogen-bond donors (Lipinski definition) is 0. The number of anilines is 1. The zero-order valence-electron chi connectivity index (χ0n) is 13.0. The van der Waals surface area contributed by atoms with E-state index in [-0.39, 0.29) is 5.82 Å². The number of fused-ring (bicyclic) bond motifs is 1. The summed E-state index contributed by atoms with van der Waals surface area (Å²) >= 11 is 1.70. The van der Waals surface area contributed by atoms with Crippen LogP contribution in [0.2, 0.25) is 0 Å². The van der Waals surface area contributed by atoms with Crippen LogP contribution in [0.5, 0.6) is 0 Å². The van der Waals surface area contributed by atoms with E-state index >= 15 is 0 Å². The minimum absolute atomic E-state index is 0.207. The van der Waals surface area contributed by atoms with E-state index in [0.29, 0.717) is 0 Å². The molecule has 0 aromatic heterocycles. The van der Waals surface area contributed by atoms with E-state index in [1.54, 1.807) is 11.9 Å². The molecule has 0 saturated heterocycles. The SMILES string of the molecule is Fc1ccc(C2=Cc3ccccc3N(Cc3ccccc3)S2)cc1. The van der Waals surface area contributed by atoms with Crippen LogP contribution in [0, 0.1) is 5.82 Å². The highest BCUT2D eigenvalue weighted by Crippen LogP contribution is 2.43. The van der Waals surface area contributed by atoms with E-state index < -0.39 is 0 Å². The molecule has 1 nitrogen and oxygen atoms in total. The van der Waals surface area contributed by atoms with Crippen molar-refractivity contribution in [1.82, 2.24) is 0 Å². The monoisotopic (exact) mass is 333 g/mol. The Morgan fingerprint density at radius 3 is 2.29 bits per heavy atom. The van der Waals surface area contributed by atoms with Crippen LogP contribution in [0.1, 0.15) is 16.7 Å². The van der Waals surface area contributed by atoms with Crippen LogP contribution in [0.3, 0.4) is 0 Å². The van der Waals surface area contributed by atoms with Crippen LogP contribution in [0.25, 0.3) is 11.0 Å². The molecule has 0 radical (unpaired) electrons. The van der Waals surface area contributed by atoms with Gasteiger partial charge >= 0.3 is 0 Å². The fourth-order valence-corrected chi connectivity index (χ4v) is 3.93. The van der Waals surface area contributed by atoms with Gasteiger partial charge in [-0.25, -0.2) is 4.39 Å². The third-order valence-corrected chi connectivity index (χ3v) is 5.09. The smallest absolute Gasteiger partial charge is 0.123 e. The maximum absolute atomic E-state index is 13.2. The second-order valence-electron chi connectivity index (χ2n) is 5.69. The third kappa shape index (κ3) is 3.08. The summed E-state index contributed by atoms with van der Waals surface area (Å²) in [7, 11) is 0. The van der Waals surface area contributed by atoms with E-state index in [1.165, 1.54) is 28.9 Å². The Morgan fingerprint density at radius 1 is 0.792 bits per heavy atom. The van der Waals surface area contributed by atoms with Crippen LogP contribution in [-0.2, 0) is 6.54 Å². The Balaban J connectivity index is 1.71. The van der Waals surface area contributed by atoms with Crippen molar-refractivity contribution in [2.75, 3.05) is 4.31 Å². The first-order chi connectivity index (χ1) is 11.8. The second kappa shape index (κ2) is 6.54. The van der Waals surface area contributed by atoms with E-state index in [0.717, 1.165) is 17.0 Å². The molecule has 0 bridgehead atoms. The summed E-state index contributed by atoms with van der Waals surface area (Å²) in [5, 5.41) is 0. The molecule has 1 aliphatic heterocycles. The molecular formula is C21H16FNS. The van der Waals surface area contributed by atoms with Gasteiger partial charge in [-0.1, -0.05) is 60.7 Å². The molecular weight excluding hydrogens is 317 g/mol. The molecule has 0 aliphatic carbocycles. The first-order valence-corrected chi connectivity index (χ1v) is 8.63. The number of benzene rings is 3. The minimum Gasteiger partial charge on any atom is -0.307 e. The number of nitrogens with zero attached hydrogens (tertiary/aromatic N) is 1. The predicted molar refractivity (Wildman–Crippen MR) is 101 cm³/mol. The molecule has 0 spiro atoms. The molecule has 1 heterocycles. The number of hydrogen-bond acceptors (Lipinski definition) is 2. The van der Waals surface area contributed by atoms with Crippen LogP contribution in [0.15, 0.2) is 78.9 Å². The summed E-state index contributed by atoms with van der Waals surface area (Å²) in [6.07, 6.45) is 2.18. The number of para-hydroxylation sites is 1. The fraction of sp³-hybridized carbons (Fsp3) is 0.0476. The molecule has 0 N–H and O–H groups in total. The Labute approximate surface area is 145 Å². The van der Waals surface area contributed by atoms with Gasteiger partial charge in [0.1, 0.15) is 5.82 Å². The lowest BCUT2D eigenvalue weighted by Gasteiger charge is -2.30. The molecule has 0 atom stereocenters. The van der Waals surface area contributed by atoms with Crippen LogP contribution in [0.4, 0.5) is 10.1 Å². The van der Waals surface area contributed by atoms with Crippen molar-refractivity contribution >= 4 is 28.6 Å². The molecule has 0 unspecified atom stereocenters. The lowest BCUT2D eigenvalue weighted by molar-refractivity contribution is 0.628. The van der Waals surface area contributed by atoms with Crippen molar-refractivity contribution in [1.29, 1.82) is 0 Å². The first kappa shape index (κ1) is 15.0. The Morgan fingerprint density at radius 2 is 1.50 bits per heavy atom. The molecule has 3 aromatic rings. The molecule has 118 valence electrons. The highest BCUT2D eigenvalue weighted by Gasteiger charge is 2.20. The maximum Gasteiger partial charge on any atom is 0.123 e. The van der Waals surface area contributed by atoms with E-state index in [4.69, 9.17) is 0 Å². The van der Waals surface area contributed by atoms with Crippen LogP contribution in [-0.4, -0.2) is 0 Å². The number of halogens is 1. The van der Waals surface area contributed by atoms with Gasteiger partial charge in [0.15, 0.2) is 0 Å². The predicted octanol–water partition coefficient (Wildman–Crippen LogP) is 5.99. The lowest BCUT2D eigenvalue weighted by Crippen LogP contribution is -2.17. The summed E-state index contributed by atoms with van der Waals surface area (Å²) in [5.41, 5.74) is 4.69. The summed E-state index contributed by atoms with van der Waals surface area (Å²) in [6.45, 7) is 0.820. The highest BCUT2D eigenvalue weighted by molar-refractivity contribution is 8.09. The molecule has 0 amide bonds. The fourth-order valence-electron chi connectivity index (χ4n) is 2.79. The largest absolute Gasteiger partial charge is 0.307 e. The molecule has 0 saturated carbocycles. The van der Waals surface area contributed by atoms with E-state index in [9.17, 15) is 4.39 Å². The Bertz CT molecular complexity index is 872. The summed E-state index contributed by atoms with van der Waals surface area (Å²) in [6, 6.07) is 25.5. The minimum atomic E-state index is -0.207. The zero-order valence-corrected chi connectivity index (χ0v) is 13.8. The second-order valence-corrected chi connectivity index (χ2v) is 6.75. The van der Waals surface area contributed by atoms with Gasteiger partial charge in [-0.15, -0.1) is 0 Å². The average Bonchev–Trinajstić information content (AvgIpc) is 2.63. The third-order valence-electron chi connectivity index (χ3n) is 4.00. The average molecular weight is 333 g/mol. The number of rotatable bonds is 3. The van der Waals surface area contributed by atoms with Gasteiger partial charge in [0.05, 0.1) is 12.2 Å². The van der Waals surface area contributed by atoms with Crippen molar-refractivity contribution in [3.8, 4) is 0 Å². The van der Waals surface area contributed by atoms with Gasteiger partial charge < -0.3 is 4.31 Å². The topological polar surface area (TPSA) is 3.24 Å². The van der Waals surface area contributed by atoms with Crippen molar-refractivity contribution in [2.45, 2.75) is 6.54 Å². The van der Waals surface area contributed by atoms with Crippen LogP contribution >= 0.6 is 11.9 Å². The molecule has 3 aromatic carbocycles. The van der Waals surface area contributed by atoms with Crippen LogP contribution < -0.4 is 4.31 Å². The summed E-state index contributed by atoms with van der Waals surface area (Å²) in [5.74, 6) is -0.207. The Kier molecular flexibility index (Phi) is 4.09. The van der Waals surface area contributed by atoms with Crippen molar-refractivity contribution in [3.05, 3.63) is 101 Å². The van der Waals surface area contributed by atoms with Crippen molar-refractivity contribution in [2.24, 2.45) is 0 Å². The molecule has 3 heteroatoms. The van der Waals surface area contributed by atoms with Crippen molar-refractivity contribution < 1.29 is 4.39 Å². The molecule has 0 fully saturated rings. The normalized spacial score (nSPS) is 13.4. The van der Waals surface area contributed by atoms with Gasteiger partial charge in [0, 0.05) is 4.91 Å². The lowest BCUT2D eigenvalue weighted by atomic mass is 10.1. The quantitative estimate of drug-likeness (QED) is 0.541. The van der Waals surface area contributed by atoms with E-state index in [2.05, 4.69) is 52.8 Å². The van der Waals surface area contributed by atoms with Gasteiger partial charge in [-0.3, -0.25) is 0 Å². The van der Waals surface area contributed by atoms with Crippen molar-refractivity contribution in [3.63, 3.8) is 0 Å². The van der Waals surface area contributed by atoms with Gasteiger partial charge in [0.2, 0.25) is 0 Å². The highest BCUT2D eigenvalue weighted by atomic mass is 32.2. The molecule has 24 heavy (non-hydrogen) atoms. The zero-order chi connectivity index (χ0) is 16.4. The standard InChI is InChI=1S/C21H16FNS/c22-19-12-10-17(11-13-19)21-14-18-8-4-5-9-20(18)23(24-21)15-16-6-2-1-3-7-16/h1-14H,15H2. The van der Waals surface area contributed by atoms with Gasteiger partial charge in [-0.05, 0) is 52.9 Å². The maximum atomic E-state index is 13.2. The van der Waals surface area contributed by atoms with Gasteiger partial charge in [0.25, 0.3) is 0 Å².